The van der Waals surface area contributed by atoms with Crippen molar-refractivity contribution >= 4 is 23.6 Å². The van der Waals surface area contributed by atoms with Gasteiger partial charge in [-0.2, -0.15) is 11.8 Å². The molecule has 0 saturated heterocycles. The van der Waals surface area contributed by atoms with E-state index in [-0.39, 0.29) is 17.1 Å². The van der Waals surface area contributed by atoms with Gasteiger partial charge in [0.25, 0.3) is 0 Å². The zero-order chi connectivity index (χ0) is 13.8. The van der Waals surface area contributed by atoms with Crippen LogP contribution in [0.5, 0.6) is 0 Å². The fourth-order valence-electron chi connectivity index (χ4n) is 1.56. The third-order valence-corrected chi connectivity index (χ3v) is 3.94. The topological polar surface area (TPSA) is 78.4 Å². The van der Waals surface area contributed by atoms with Gasteiger partial charge in [0.2, 0.25) is 11.8 Å². The number of carbonyl (C=O) groups is 2. The maximum atomic E-state index is 11.2. The monoisotopic (exact) mass is 276 g/mol. The van der Waals surface area contributed by atoms with Crippen LogP contribution in [0, 0.1) is 0 Å². The summed E-state index contributed by atoms with van der Waals surface area (Å²) in [7, 11) is 1.62. The Labute approximate surface area is 113 Å². The average molecular weight is 276 g/mol. The number of thioether (sulfide) groups is 1. The molecule has 0 aliphatic heterocycles. The highest BCUT2D eigenvalue weighted by atomic mass is 32.2. The maximum Gasteiger partial charge on any atom is 0.244 e. The first-order chi connectivity index (χ1) is 8.63. The van der Waals surface area contributed by atoms with Crippen LogP contribution in [0.3, 0.4) is 0 Å². The van der Waals surface area contributed by atoms with E-state index in [1.165, 1.54) is 0 Å². The number of hydrogen-bond acceptors (Lipinski definition) is 4. The van der Waals surface area contributed by atoms with Crippen molar-refractivity contribution in [1.29, 1.82) is 0 Å². The zero-order valence-corrected chi connectivity index (χ0v) is 12.0. The molecule has 0 aromatic carbocycles. The second-order valence-electron chi connectivity index (χ2n) is 4.15. The molecule has 0 radical (unpaired) electrons. The van der Waals surface area contributed by atoms with E-state index in [4.69, 9.17) is 5.21 Å². The largest absolute Gasteiger partial charge is 0.359 e. The lowest BCUT2D eigenvalue weighted by Crippen LogP contribution is -2.24. The Balaban J connectivity index is 3.95. The lowest BCUT2D eigenvalue weighted by Gasteiger charge is -2.15. The summed E-state index contributed by atoms with van der Waals surface area (Å²) in [6, 6.07) is 0. The van der Waals surface area contributed by atoms with Gasteiger partial charge in [-0.3, -0.25) is 14.8 Å². The standard InChI is InChI=1S/C12H24N2O3S/c1-3-4-5-6-10(9-12(16)14-17)18-8-7-11(15)13-2/h10,17H,3-9H2,1-2H3,(H,13,15)(H,14,16). The Kier molecular flexibility index (Phi) is 10.9. The number of nitrogens with one attached hydrogen (secondary N) is 2. The summed E-state index contributed by atoms with van der Waals surface area (Å²) in [6.07, 6.45) is 5.08. The van der Waals surface area contributed by atoms with Crippen molar-refractivity contribution in [3.8, 4) is 0 Å². The molecule has 106 valence electrons. The van der Waals surface area contributed by atoms with E-state index in [0.29, 0.717) is 18.6 Å². The summed E-state index contributed by atoms with van der Waals surface area (Å²) in [5.41, 5.74) is 1.66. The summed E-state index contributed by atoms with van der Waals surface area (Å²) in [6.45, 7) is 2.13. The molecule has 18 heavy (non-hydrogen) atoms. The SMILES string of the molecule is CCCCCC(CC(=O)NO)SCCC(=O)NC. The second kappa shape index (κ2) is 11.3. The molecule has 5 nitrogen and oxygen atoms in total. The Morgan fingerprint density at radius 1 is 1.28 bits per heavy atom. The van der Waals surface area contributed by atoms with Crippen molar-refractivity contribution in [1.82, 2.24) is 10.8 Å². The first-order valence-corrected chi connectivity index (χ1v) is 7.44. The highest BCUT2D eigenvalue weighted by Gasteiger charge is 2.14. The summed E-state index contributed by atoms with van der Waals surface area (Å²) in [4.78, 5) is 22.2. The van der Waals surface area contributed by atoms with E-state index in [2.05, 4.69) is 12.2 Å². The number of amides is 2. The summed E-state index contributed by atoms with van der Waals surface area (Å²) < 4.78 is 0. The van der Waals surface area contributed by atoms with Crippen molar-refractivity contribution in [2.45, 2.75) is 50.7 Å². The minimum Gasteiger partial charge on any atom is -0.359 e. The van der Waals surface area contributed by atoms with Gasteiger partial charge in [0.15, 0.2) is 0 Å². The molecule has 0 aliphatic carbocycles. The summed E-state index contributed by atoms with van der Waals surface area (Å²) in [5.74, 6) is 0.361. The lowest BCUT2D eigenvalue weighted by molar-refractivity contribution is -0.129. The van der Waals surface area contributed by atoms with Gasteiger partial charge >= 0.3 is 0 Å². The molecule has 0 spiro atoms. The molecule has 2 amide bonds. The van der Waals surface area contributed by atoms with E-state index < -0.39 is 0 Å². The van der Waals surface area contributed by atoms with Crippen molar-refractivity contribution in [3.05, 3.63) is 0 Å². The summed E-state index contributed by atoms with van der Waals surface area (Å²) >= 11 is 1.63. The van der Waals surface area contributed by atoms with Gasteiger partial charge < -0.3 is 5.32 Å². The van der Waals surface area contributed by atoms with Crippen LogP contribution in [0.4, 0.5) is 0 Å². The van der Waals surface area contributed by atoms with E-state index in [0.717, 1.165) is 25.7 Å². The number of carbonyl (C=O) groups excluding carboxylic acids is 2. The van der Waals surface area contributed by atoms with Gasteiger partial charge in [-0.1, -0.05) is 26.2 Å². The smallest absolute Gasteiger partial charge is 0.244 e. The molecule has 6 heteroatoms. The van der Waals surface area contributed by atoms with Crippen molar-refractivity contribution in [2.24, 2.45) is 0 Å². The maximum absolute atomic E-state index is 11.2. The van der Waals surface area contributed by atoms with Crippen molar-refractivity contribution < 1.29 is 14.8 Å². The first-order valence-electron chi connectivity index (χ1n) is 6.39. The minimum atomic E-state index is -0.357. The summed E-state index contributed by atoms with van der Waals surface area (Å²) in [5, 5.41) is 11.3. The van der Waals surface area contributed by atoms with E-state index >= 15 is 0 Å². The molecule has 0 rings (SSSR count). The number of hydrogen-bond donors (Lipinski definition) is 3. The molecule has 0 heterocycles. The molecule has 3 N–H and O–H groups in total. The predicted octanol–water partition coefficient (Wildman–Crippen LogP) is 1.70. The number of unbranched alkanes of at least 4 members (excludes halogenated alkanes) is 2. The van der Waals surface area contributed by atoms with Crippen LogP contribution in [0.2, 0.25) is 0 Å². The molecule has 0 aliphatic rings. The van der Waals surface area contributed by atoms with E-state index in [1.54, 1.807) is 24.3 Å². The van der Waals surface area contributed by atoms with Crippen molar-refractivity contribution in [3.63, 3.8) is 0 Å². The van der Waals surface area contributed by atoms with Gasteiger partial charge in [0.05, 0.1) is 0 Å². The van der Waals surface area contributed by atoms with Gasteiger partial charge in [-0.25, -0.2) is 5.48 Å². The second-order valence-corrected chi connectivity index (χ2v) is 5.56. The van der Waals surface area contributed by atoms with Crippen molar-refractivity contribution in [2.75, 3.05) is 12.8 Å². The van der Waals surface area contributed by atoms with E-state index in [1.807, 2.05) is 0 Å². The van der Waals surface area contributed by atoms with Gasteiger partial charge in [0, 0.05) is 30.9 Å². The third kappa shape index (κ3) is 9.30. The Morgan fingerprint density at radius 2 is 2.00 bits per heavy atom. The highest BCUT2D eigenvalue weighted by Crippen LogP contribution is 2.22. The average Bonchev–Trinajstić information content (AvgIpc) is 2.38. The quantitative estimate of drug-likeness (QED) is 0.322. The van der Waals surface area contributed by atoms with Crippen LogP contribution in [-0.4, -0.2) is 35.1 Å². The van der Waals surface area contributed by atoms with Crippen LogP contribution in [0.25, 0.3) is 0 Å². The molecular weight excluding hydrogens is 252 g/mol. The minimum absolute atomic E-state index is 0.0152. The molecular formula is C12H24N2O3S. The first kappa shape index (κ1) is 17.2. The molecule has 0 aromatic heterocycles. The van der Waals surface area contributed by atoms with Gasteiger partial charge in [-0.15, -0.1) is 0 Å². The van der Waals surface area contributed by atoms with E-state index in [9.17, 15) is 9.59 Å². The third-order valence-electron chi connectivity index (χ3n) is 2.63. The molecule has 1 unspecified atom stereocenters. The highest BCUT2D eigenvalue weighted by molar-refractivity contribution is 7.99. The Morgan fingerprint density at radius 3 is 2.56 bits per heavy atom. The zero-order valence-electron chi connectivity index (χ0n) is 11.2. The predicted molar refractivity (Wildman–Crippen MR) is 73.6 cm³/mol. The van der Waals surface area contributed by atoms with Crippen LogP contribution in [0.15, 0.2) is 0 Å². The van der Waals surface area contributed by atoms with Gasteiger partial charge in [0.1, 0.15) is 0 Å². The normalized spacial score (nSPS) is 11.9. The lowest BCUT2D eigenvalue weighted by atomic mass is 10.1. The molecule has 0 bridgehead atoms. The van der Waals surface area contributed by atoms with Gasteiger partial charge in [-0.05, 0) is 6.42 Å². The number of rotatable bonds is 10. The number of hydroxylamine groups is 1. The Hall–Kier alpha value is -0.750. The van der Waals surface area contributed by atoms with Crippen LogP contribution >= 0.6 is 11.8 Å². The van der Waals surface area contributed by atoms with Crippen LogP contribution in [0.1, 0.15) is 45.4 Å². The fourth-order valence-corrected chi connectivity index (χ4v) is 2.80. The van der Waals surface area contributed by atoms with Crippen LogP contribution in [-0.2, 0) is 9.59 Å². The molecule has 0 saturated carbocycles. The molecule has 0 aromatic rings. The van der Waals surface area contributed by atoms with Crippen LogP contribution < -0.4 is 10.8 Å². The Bertz CT molecular complexity index is 249. The molecule has 1 atom stereocenters. The molecule has 0 fully saturated rings. The fraction of sp³-hybridized carbons (Fsp3) is 0.833.